The Morgan fingerprint density at radius 2 is 2.20 bits per heavy atom. The van der Waals surface area contributed by atoms with Crippen LogP contribution in [-0.4, -0.2) is 5.11 Å². The highest BCUT2D eigenvalue weighted by molar-refractivity contribution is 5.17. The molecule has 0 radical (unpaired) electrons. The molecule has 3 heteroatoms. The van der Waals surface area contributed by atoms with Crippen molar-refractivity contribution < 1.29 is 9.50 Å². The van der Waals surface area contributed by atoms with Crippen LogP contribution in [0.2, 0.25) is 0 Å². The van der Waals surface area contributed by atoms with Crippen LogP contribution in [0.5, 0.6) is 0 Å². The summed E-state index contributed by atoms with van der Waals surface area (Å²) in [6.45, 7) is 0. The first kappa shape index (κ1) is 7.18. The van der Waals surface area contributed by atoms with Crippen LogP contribution >= 0.6 is 0 Å². The molecule has 1 aromatic rings. The fraction of sp³-hybridized carbons (Fsp3) is 0.143. The second-order valence-corrected chi connectivity index (χ2v) is 2.00. The van der Waals surface area contributed by atoms with Crippen molar-refractivity contribution in [2.75, 3.05) is 0 Å². The van der Waals surface area contributed by atoms with Crippen molar-refractivity contribution in [3.05, 3.63) is 35.6 Å². The minimum absolute atomic E-state index is 0.387. The smallest absolute Gasteiger partial charge is 0.128 e. The van der Waals surface area contributed by atoms with Gasteiger partial charge in [0.05, 0.1) is 0 Å². The highest BCUT2D eigenvalue weighted by Crippen LogP contribution is 2.07. The van der Waals surface area contributed by atoms with Gasteiger partial charge in [-0.05, 0) is 17.7 Å². The molecular weight excluding hydrogens is 133 g/mol. The molecule has 0 heterocycles. The number of benzene rings is 1. The lowest BCUT2D eigenvalue weighted by Crippen LogP contribution is -2.08. The van der Waals surface area contributed by atoms with Crippen molar-refractivity contribution >= 4 is 0 Å². The Kier molecular flexibility index (Phi) is 1.99. The van der Waals surface area contributed by atoms with Crippen LogP contribution in [0.3, 0.4) is 0 Å². The summed E-state index contributed by atoms with van der Waals surface area (Å²) in [6, 6.07) is 5.56. The van der Waals surface area contributed by atoms with Gasteiger partial charge in [0.2, 0.25) is 0 Å². The first-order valence-electron chi connectivity index (χ1n) is 2.89. The van der Waals surface area contributed by atoms with Crippen LogP contribution in [-0.2, 0) is 0 Å². The molecule has 3 N–H and O–H groups in total. The molecule has 1 rings (SSSR count). The van der Waals surface area contributed by atoms with Gasteiger partial charge in [-0.25, -0.2) is 4.39 Å². The van der Waals surface area contributed by atoms with E-state index < -0.39 is 6.23 Å². The largest absolute Gasteiger partial charge is 0.375 e. The molecule has 54 valence electrons. The van der Waals surface area contributed by atoms with E-state index in [-0.39, 0.29) is 5.82 Å². The van der Waals surface area contributed by atoms with Gasteiger partial charge in [0, 0.05) is 0 Å². The van der Waals surface area contributed by atoms with E-state index >= 15 is 0 Å². The SMILES string of the molecule is N[C@@H](O)c1cccc(F)c1. The van der Waals surface area contributed by atoms with Gasteiger partial charge < -0.3 is 10.8 Å². The molecule has 0 aliphatic rings. The van der Waals surface area contributed by atoms with E-state index in [1.807, 2.05) is 0 Å². The number of hydrogen-bond acceptors (Lipinski definition) is 2. The lowest BCUT2D eigenvalue weighted by molar-refractivity contribution is 0.186. The average Bonchev–Trinajstić information content (AvgIpc) is 1.88. The van der Waals surface area contributed by atoms with Crippen LogP contribution in [0.1, 0.15) is 11.8 Å². The standard InChI is InChI=1S/C7H8FNO/c8-6-3-1-2-5(4-6)7(9)10/h1-4,7,10H,9H2/t7-/m0/s1. The van der Waals surface area contributed by atoms with Crippen molar-refractivity contribution in [3.8, 4) is 0 Å². The molecule has 0 saturated carbocycles. The summed E-state index contributed by atoms with van der Waals surface area (Å²) < 4.78 is 12.4. The van der Waals surface area contributed by atoms with Gasteiger partial charge in [-0.2, -0.15) is 0 Å². The summed E-state index contributed by atoms with van der Waals surface area (Å²) in [6.07, 6.45) is -1.09. The summed E-state index contributed by atoms with van der Waals surface area (Å²) in [5, 5.41) is 8.76. The Morgan fingerprint density at radius 3 is 2.60 bits per heavy atom. The number of halogens is 1. The number of hydrogen-bond donors (Lipinski definition) is 2. The van der Waals surface area contributed by atoms with Crippen molar-refractivity contribution in [1.82, 2.24) is 0 Å². The summed E-state index contributed by atoms with van der Waals surface area (Å²) in [4.78, 5) is 0. The molecule has 0 saturated heterocycles. The maximum Gasteiger partial charge on any atom is 0.128 e. The molecule has 0 amide bonds. The maximum absolute atomic E-state index is 12.4. The quantitative estimate of drug-likeness (QED) is 0.567. The monoisotopic (exact) mass is 141 g/mol. The van der Waals surface area contributed by atoms with E-state index in [1.165, 1.54) is 18.2 Å². The lowest BCUT2D eigenvalue weighted by atomic mass is 10.2. The molecular formula is C7H8FNO. The Bertz CT molecular complexity index is 225. The van der Waals surface area contributed by atoms with Crippen LogP contribution < -0.4 is 5.73 Å². The fourth-order valence-corrected chi connectivity index (χ4v) is 0.691. The van der Waals surface area contributed by atoms with Crippen molar-refractivity contribution in [2.24, 2.45) is 5.73 Å². The molecule has 2 nitrogen and oxygen atoms in total. The second-order valence-electron chi connectivity index (χ2n) is 2.00. The van der Waals surface area contributed by atoms with Crippen LogP contribution in [0, 0.1) is 5.82 Å². The zero-order valence-electron chi connectivity index (χ0n) is 5.29. The van der Waals surface area contributed by atoms with E-state index in [2.05, 4.69) is 0 Å². The Morgan fingerprint density at radius 1 is 1.50 bits per heavy atom. The Labute approximate surface area is 58.1 Å². The predicted octanol–water partition coefficient (Wildman–Crippen LogP) is 0.775. The first-order valence-corrected chi connectivity index (χ1v) is 2.89. The second kappa shape index (κ2) is 2.77. The third-order valence-corrected chi connectivity index (χ3v) is 1.19. The first-order chi connectivity index (χ1) is 4.70. The van der Waals surface area contributed by atoms with Gasteiger partial charge in [0.1, 0.15) is 12.0 Å². The van der Waals surface area contributed by atoms with Gasteiger partial charge in [0.25, 0.3) is 0 Å². The summed E-state index contributed by atoms with van der Waals surface area (Å²) in [7, 11) is 0. The topological polar surface area (TPSA) is 46.2 Å². The summed E-state index contributed by atoms with van der Waals surface area (Å²) in [5.74, 6) is -0.387. The molecule has 0 aliphatic carbocycles. The van der Waals surface area contributed by atoms with Crippen molar-refractivity contribution in [3.63, 3.8) is 0 Å². The van der Waals surface area contributed by atoms with E-state index in [0.29, 0.717) is 5.56 Å². The van der Waals surface area contributed by atoms with Crippen molar-refractivity contribution in [2.45, 2.75) is 6.23 Å². The summed E-state index contributed by atoms with van der Waals surface area (Å²) in [5.41, 5.74) is 5.46. The summed E-state index contributed by atoms with van der Waals surface area (Å²) >= 11 is 0. The molecule has 0 aliphatic heterocycles. The predicted molar refractivity (Wildman–Crippen MR) is 35.5 cm³/mol. The molecule has 1 atom stereocenters. The zero-order chi connectivity index (χ0) is 7.56. The van der Waals surface area contributed by atoms with Gasteiger partial charge in [0.15, 0.2) is 0 Å². The van der Waals surface area contributed by atoms with Gasteiger partial charge in [-0.15, -0.1) is 0 Å². The minimum Gasteiger partial charge on any atom is -0.375 e. The van der Waals surface area contributed by atoms with Gasteiger partial charge >= 0.3 is 0 Å². The molecule has 0 fully saturated rings. The van der Waals surface area contributed by atoms with E-state index in [4.69, 9.17) is 10.8 Å². The number of aliphatic hydroxyl groups is 1. The van der Waals surface area contributed by atoms with Crippen molar-refractivity contribution in [1.29, 1.82) is 0 Å². The molecule has 0 aromatic heterocycles. The third kappa shape index (κ3) is 1.52. The highest BCUT2D eigenvalue weighted by Gasteiger charge is 1.99. The molecule has 10 heavy (non-hydrogen) atoms. The Balaban J connectivity index is 2.96. The highest BCUT2D eigenvalue weighted by atomic mass is 19.1. The van der Waals surface area contributed by atoms with Crippen LogP contribution in [0.4, 0.5) is 4.39 Å². The molecule has 0 unspecified atom stereocenters. The number of nitrogens with two attached hydrogens (primary N) is 1. The van der Waals surface area contributed by atoms with Crippen LogP contribution in [0.15, 0.2) is 24.3 Å². The number of rotatable bonds is 1. The third-order valence-electron chi connectivity index (χ3n) is 1.19. The van der Waals surface area contributed by atoms with Crippen LogP contribution in [0.25, 0.3) is 0 Å². The average molecular weight is 141 g/mol. The molecule has 1 aromatic carbocycles. The molecule has 0 spiro atoms. The fourth-order valence-electron chi connectivity index (χ4n) is 0.691. The van der Waals surface area contributed by atoms with E-state index in [1.54, 1.807) is 6.07 Å². The van der Waals surface area contributed by atoms with Gasteiger partial charge in [-0.1, -0.05) is 12.1 Å². The molecule has 0 bridgehead atoms. The number of aliphatic hydroxyl groups excluding tert-OH is 1. The maximum atomic E-state index is 12.4. The van der Waals surface area contributed by atoms with E-state index in [9.17, 15) is 4.39 Å². The Hall–Kier alpha value is -0.930. The zero-order valence-corrected chi connectivity index (χ0v) is 5.29. The lowest BCUT2D eigenvalue weighted by Gasteiger charge is -2.02. The van der Waals surface area contributed by atoms with E-state index in [0.717, 1.165) is 0 Å². The minimum atomic E-state index is -1.09. The normalized spacial score (nSPS) is 13.1. The van der Waals surface area contributed by atoms with Gasteiger partial charge in [-0.3, -0.25) is 0 Å².